The maximum absolute atomic E-state index is 11.4. The Morgan fingerprint density at radius 3 is 2.67 bits per heavy atom. The molecule has 2 rings (SSSR count). The Kier molecular flexibility index (Phi) is 3.25. The van der Waals surface area contributed by atoms with Gasteiger partial charge in [0.2, 0.25) is 0 Å². The quantitative estimate of drug-likeness (QED) is 0.925. The van der Waals surface area contributed by atoms with Crippen LogP contribution >= 0.6 is 11.6 Å². The van der Waals surface area contributed by atoms with Crippen LogP contribution in [-0.2, 0) is 6.54 Å². The Morgan fingerprint density at radius 1 is 1.44 bits per heavy atom. The van der Waals surface area contributed by atoms with Crippen LogP contribution in [0.2, 0.25) is 5.02 Å². The van der Waals surface area contributed by atoms with Crippen molar-refractivity contribution in [2.24, 2.45) is 0 Å². The van der Waals surface area contributed by atoms with Crippen molar-refractivity contribution in [3.63, 3.8) is 0 Å². The van der Waals surface area contributed by atoms with E-state index in [-0.39, 0.29) is 17.8 Å². The van der Waals surface area contributed by atoms with E-state index in [2.05, 4.69) is 0 Å². The van der Waals surface area contributed by atoms with Crippen LogP contribution in [0.5, 0.6) is 0 Å². The average molecular weight is 268 g/mol. The maximum Gasteiger partial charge on any atom is 0.372 e. The fraction of sp³-hybridized carbons (Fsp3) is 0.167. The summed E-state index contributed by atoms with van der Waals surface area (Å²) in [6.07, 6.45) is 0. The van der Waals surface area contributed by atoms with Crippen LogP contribution in [0.3, 0.4) is 0 Å². The number of rotatable bonds is 3. The summed E-state index contributed by atoms with van der Waals surface area (Å²) in [6, 6.07) is 7.08. The topological polar surface area (TPSA) is 72.4 Å². The third-order valence-corrected chi connectivity index (χ3v) is 2.99. The van der Waals surface area contributed by atoms with Crippen LogP contribution in [0.4, 0.5) is 0 Å². The van der Waals surface area contributed by atoms with Crippen molar-refractivity contribution in [2.45, 2.75) is 13.5 Å². The van der Waals surface area contributed by atoms with Gasteiger partial charge in [0.15, 0.2) is 5.56 Å². The molecule has 0 unspecified atom stereocenters. The summed E-state index contributed by atoms with van der Waals surface area (Å²) < 4.78 is 6.12. The molecular weight excluding hydrogens is 258 g/mol. The van der Waals surface area contributed by atoms with E-state index in [1.165, 1.54) is 11.7 Å². The summed E-state index contributed by atoms with van der Waals surface area (Å²) in [5, 5.41) is 9.41. The molecule has 0 saturated carbocycles. The number of carbonyl (C=O) groups is 1. The molecule has 0 bridgehead atoms. The van der Waals surface area contributed by atoms with Gasteiger partial charge in [0, 0.05) is 5.02 Å². The van der Waals surface area contributed by atoms with Gasteiger partial charge in [-0.25, -0.2) is 14.3 Å². The van der Waals surface area contributed by atoms with Crippen LogP contribution in [-0.4, -0.2) is 15.8 Å². The third kappa shape index (κ3) is 2.17. The third-order valence-electron chi connectivity index (χ3n) is 2.62. The lowest BCUT2D eigenvalue weighted by Gasteiger charge is -2.05. The van der Waals surface area contributed by atoms with Crippen molar-refractivity contribution in [1.82, 2.24) is 4.74 Å². The van der Waals surface area contributed by atoms with Crippen molar-refractivity contribution in [3.8, 4) is 0 Å². The lowest BCUT2D eigenvalue weighted by Crippen LogP contribution is -2.09. The predicted molar refractivity (Wildman–Crippen MR) is 65.2 cm³/mol. The molecule has 1 heterocycles. The molecule has 0 radical (unpaired) electrons. The first-order valence-corrected chi connectivity index (χ1v) is 5.56. The predicted octanol–water partition coefficient (Wildman–Crippen LogP) is 2.15. The number of carboxylic acids is 1. The summed E-state index contributed by atoms with van der Waals surface area (Å²) in [6.45, 7) is 1.74. The van der Waals surface area contributed by atoms with Crippen LogP contribution in [0.25, 0.3) is 0 Å². The van der Waals surface area contributed by atoms with Gasteiger partial charge in [-0.1, -0.05) is 29.8 Å². The van der Waals surface area contributed by atoms with Gasteiger partial charge in [-0.05, 0) is 18.6 Å². The van der Waals surface area contributed by atoms with Crippen molar-refractivity contribution in [2.75, 3.05) is 0 Å². The van der Waals surface area contributed by atoms with Crippen LogP contribution < -0.4 is 5.63 Å². The highest BCUT2D eigenvalue weighted by atomic mass is 35.5. The molecule has 0 fully saturated rings. The summed E-state index contributed by atoms with van der Waals surface area (Å²) in [5.41, 5.74) is -0.181. The second kappa shape index (κ2) is 4.70. The van der Waals surface area contributed by atoms with E-state index >= 15 is 0 Å². The van der Waals surface area contributed by atoms with Gasteiger partial charge < -0.3 is 9.63 Å². The number of aromatic nitrogens is 1. The van der Waals surface area contributed by atoms with Gasteiger partial charge >= 0.3 is 11.6 Å². The van der Waals surface area contributed by atoms with Crippen LogP contribution in [0.15, 0.2) is 33.6 Å². The second-order valence-electron chi connectivity index (χ2n) is 3.77. The molecule has 0 spiro atoms. The number of hydrogen-bond acceptors (Lipinski definition) is 3. The van der Waals surface area contributed by atoms with E-state index in [0.717, 1.165) is 5.56 Å². The standard InChI is InChI=1S/C12H10ClNO4/c1-7-10(11(15)16)12(17)18-14(7)6-8-4-2-3-5-9(8)13/h2-5H,6H2,1H3,(H,15,16). The molecule has 0 aliphatic rings. The van der Waals surface area contributed by atoms with Crippen molar-refractivity contribution >= 4 is 17.6 Å². The molecule has 6 heteroatoms. The fourth-order valence-corrected chi connectivity index (χ4v) is 1.86. The Bertz CT molecular complexity index is 656. The molecular formula is C12H10ClNO4. The molecule has 1 aromatic carbocycles. The number of hydrogen-bond donors (Lipinski definition) is 1. The average Bonchev–Trinajstić information content (AvgIpc) is 2.57. The highest BCUT2D eigenvalue weighted by Gasteiger charge is 2.20. The van der Waals surface area contributed by atoms with Gasteiger partial charge in [0.25, 0.3) is 0 Å². The normalized spacial score (nSPS) is 10.6. The molecule has 0 saturated heterocycles. The van der Waals surface area contributed by atoms with Crippen molar-refractivity contribution in [1.29, 1.82) is 0 Å². The maximum atomic E-state index is 11.4. The Hall–Kier alpha value is -2.01. The monoisotopic (exact) mass is 267 g/mol. The minimum Gasteiger partial charge on any atom is -0.477 e. The fourth-order valence-electron chi connectivity index (χ4n) is 1.66. The largest absolute Gasteiger partial charge is 0.477 e. The van der Waals surface area contributed by atoms with Crippen molar-refractivity contribution in [3.05, 3.63) is 56.5 Å². The second-order valence-corrected chi connectivity index (χ2v) is 4.18. The molecule has 0 aliphatic carbocycles. The van der Waals surface area contributed by atoms with E-state index in [4.69, 9.17) is 21.2 Å². The molecule has 5 nitrogen and oxygen atoms in total. The molecule has 0 amide bonds. The molecule has 0 atom stereocenters. The SMILES string of the molecule is Cc1c(C(=O)O)c(=O)on1Cc1ccccc1Cl. The van der Waals surface area contributed by atoms with Gasteiger partial charge in [-0.2, -0.15) is 0 Å². The zero-order valence-corrected chi connectivity index (χ0v) is 10.3. The number of benzene rings is 1. The minimum absolute atomic E-state index is 0.216. The summed E-state index contributed by atoms with van der Waals surface area (Å²) in [7, 11) is 0. The Labute approximate surface area is 107 Å². The molecule has 94 valence electrons. The van der Waals surface area contributed by atoms with Crippen LogP contribution in [0.1, 0.15) is 21.6 Å². The zero-order chi connectivity index (χ0) is 13.3. The van der Waals surface area contributed by atoms with E-state index in [1.807, 2.05) is 0 Å². The summed E-state index contributed by atoms with van der Waals surface area (Å²) in [4.78, 5) is 22.3. The minimum atomic E-state index is -1.29. The first-order valence-electron chi connectivity index (χ1n) is 5.18. The van der Waals surface area contributed by atoms with E-state index in [9.17, 15) is 9.59 Å². The molecule has 18 heavy (non-hydrogen) atoms. The molecule has 2 aromatic rings. The first kappa shape index (κ1) is 12.4. The highest BCUT2D eigenvalue weighted by Crippen LogP contribution is 2.17. The van der Waals surface area contributed by atoms with Crippen LogP contribution in [0, 0.1) is 6.92 Å². The Morgan fingerprint density at radius 2 is 2.11 bits per heavy atom. The van der Waals surface area contributed by atoms with Gasteiger partial charge in [-0.3, -0.25) is 0 Å². The Balaban J connectivity index is 2.43. The lowest BCUT2D eigenvalue weighted by molar-refractivity contribution is 0.0693. The number of carboxylic acid groups (broad SMARTS) is 1. The van der Waals surface area contributed by atoms with Gasteiger partial charge in [-0.15, -0.1) is 0 Å². The van der Waals surface area contributed by atoms with Crippen molar-refractivity contribution < 1.29 is 14.4 Å². The number of nitrogens with zero attached hydrogens (tertiary/aromatic N) is 1. The summed E-state index contributed by atoms with van der Waals surface area (Å²) in [5.74, 6) is -1.29. The van der Waals surface area contributed by atoms with E-state index in [0.29, 0.717) is 5.02 Å². The molecule has 0 aliphatic heterocycles. The smallest absolute Gasteiger partial charge is 0.372 e. The summed E-state index contributed by atoms with van der Waals surface area (Å²) >= 11 is 5.99. The van der Waals surface area contributed by atoms with Gasteiger partial charge in [0.1, 0.15) is 0 Å². The zero-order valence-electron chi connectivity index (χ0n) is 9.51. The van der Waals surface area contributed by atoms with Gasteiger partial charge in [0.05, 0.1) is 12.2 Å². The molecule has 1 N–H and O–H groups in total. The van der Waals surface area contributed by atoms with E-state index < -0.39 is 11.6 Å². The van der Waals surface area contributed by atoms with E-state index in [1.54, 1.807) is 24.3 Å². The number of halogens is 1. The lowest BCUT2D eigenvalue weighted by atomic mass is 10.2. The molecule has 1 aromatic heterocycles. The highest BCUT2D eigenvalue weighted by molar-refractivity contribution is 6.31. The number of aromatic carboxylic acids is 1. The first-order chi connectivity index (χ1) is 8.50.